The number of ketones is 1. The Labute approximate surface area is 148 Å². The first-order valence-electron chi connectivity index (χ1n) is 7.40. The van der Waals surface area contributed by atoms with E-state index in [-0.39, 0.29) is 29.1 Å². The summed E-state index contributed by atoms with van der Waals surface area (Å²) in [6.07, 6.45) is 0.602. The van der Waals surface area contributed by atoms with Crippen molar-refractivity contribution in [1.29, 1.82) is 0 Å². The van der Waals surface area contributed by atoms with Crippen molar-refractivity contribution >= 4 is 43.9 Å². The molecule has 2 aromatic heterocycles. The monoisotopic (exact) mass is 386 g/mol. The molecule has 3 heterocycles. The Kier molecular flexibility index (Phi) is 4.71. The number of nitrogens with zero attached hydrogens (tertiary/aromatic N) is 3. The second-order valence-electron chi connectivity index (χ2n) is 5.83. The Bertz CT molecular complexity index is 885. The van der Waals surface area contributed by atoms with Crippen LogP contribution >= 0.6 is 23.1 Å². The predicted molar refractivity (Wildman–Crippen MR) is 95.6 cm³/mol. The van der Waals surface area contributed by atoms with Gasteiger partial charge in [0, 0.05) is 23.0 Å². The van der Waals surface area contributed by atoms with E-state index in [4.69, 9.17) is 5.73 Å². The van der Waals surface area contributed by atoms with Gasteiger partial charge < -0.3 is 10.3 Å². The highest BCUT2D eigenvalue weighted by Crippen LogP contribution is 2.30. The highest BCUT2D eigenvalue weighted by Gasteiger charge is 2.31. The van der Waals surface area contributed by atoms with E-state index in [1.165, 1.54) is 23.1 Å². The van der Waals surface area contributed by atoms with Gasteiger partial charge in [-0.05, 0) is 26.3 Å². The maximum atomic E-state index is 12.5. The molecule has 1 aliphatic rings. The lowest BCUT2D eigenvalue weighted by atomic mass is 10.2. The number of hydrogen-bond donors (Lipinski definition) is 1. The molecule has 1 fully saturated rings. The molecular formula is C14H18N4O3S3. The molecule has 130 valence electrons. The Morgan fingerprint density at radius 1 is 1.46 bits per heavy atom. The molecule has 24 heavy (non-hydrogen) atoms. The number of aryl methyl sites for hydroxylation is 1. The first kappa shape index (κ1) is 17.4. The lowest BCUT2D eigenvalue weighted by Crippen LogP contribution is -2.14. The summed E-state index contributed by atoms with van der Waals surface area (Å²) in [6, 6.07) is 1.77. The molecule has 0 bridgehead atoms. The van der Waals surface area contributed by atoms with Crippen LogP contribution in [0.5, 0.6) is 0 Å². The smallest absolute Gasteiger partial charge is 0.203 e. The number of sulfone groups is 1. The number of rotatable bonds is 5. The largest absolute Gasteiger partial charge is 0.374 e. The Balaban J connectivity index is 1.77. The standard InChI is InChI=1S/C14H18N4O3S3/c1-8-5-11(12(19)6-22-14-17-16-13(15)23-14)9(2)18(8)10-3-4-24(20,21)7-10/h5,10H,3-4,6-7H2,1-2H3,(H2,15,16)/t10-/m0/s1. The van der Waals surface area contributed by atoms with E-state index in [1.807, 2.05) is 24.5 Å². The maximum absolute atomic E-state index is 12.5. The summed E-state index contributed by atoms with van der Waals surface area (Å²) < 4.78 is 26.1. The fraction of sp³-hybridized carbons (Fsp3) is 0.500. The van der Waals surface area contributed by atoms with Crippen LogP contribution < -0.4 is 5.73 Å². The van der Waals surface area contributed by atoms with Crippen LogP contribution in [0.4, 0.5) is 5.13 Å². The number of nitrogen functional groups attached to an aromatic ring is 1. The quantitative estimate of drug-likeness (QED) is 0.617. The molecule has 2 aromatic rings. The van der Waals surface area contributed by atoms with Gasteiger partial charge in [-0.15, -0.1) is 10.2 Å². The van der Waals surface area contributed by atoms with Gasteiger partial charge in [-0.25, -0.2) is 8.42 Å². The molecule has 0 aromatic carbocycles. The Morgan fingerprint density at radius 3 is 2.79 bits per heavy atom. The lowest BCUT2D eigenvalue weighted by molar-refractivity contribution is 0.102. The Morgan fingerprint density at radius 2 is 2.21 bits per heavy atom. The van der Waals surface area contributed by atoms with E-state index >= 15 is 0 Å². The summed E-state index contributed by atoms with van der Waals surface area (Å²) in [7, 11) is -2.97. The summed E-state index contributed by atoms with van der Waals surface area (Å²) >= 11 is 2.56. The molecule has 0 radical (unpaired) electrons. The van der Waals surface area contributed by atoms with Gasteiger partial charge in [-0.3, -0.25) is 4.79 Å². The predicted octanol–water partition coefficient (Wildman–Crippen LogP) is 1.87. The average Bonchev–Trinajstić information content (AvgIpc) is 3.15. The number of hydrogen-bond acceptors (Lipinski definition) is 8. The van der Waals surface area contributed by atoms with Crippen molar-refractivity contribution < 1.29 is 13.2 Å². The zero-order valence-corrected chi connectivity index (χ0v) is 15.8. The Hall–Kier alpha value is -1.39. The first-order valence-corrected chi connectivity index (χ1v) is 11.0. The number of aromatic nitrogens is 3. The molecule has 0 aliphatic carbocycles. The fourth-order valence-corrected chi connectivity index (χ4v) is 6.30. The second-order valence-corrected chi connectivity index (χ2v) is 10.3. The number of nitrogens with two attached hydrogens (primary N) is 1. The van der Waals surface area contributed by atoms with E-state index in [1.54, 1.807) is 0 Å². The van der Waals surface area contributed by atoms with Crippen molar-refractivity contribution in [3.63, 3.8) is 0 Å². The first-order chi connectivity index (χ1) is 11.3. The SMILES string of the molecule is Cc1cc(C(=O)CSc2nnc(N)s2)c(C)n1[C@H]1CCS(=O)(=O)C1. The molecule has 0 spiro atoms. The molecule has 0 unspecified atom stereocenters. The number of anilines is 1. The van der Waals surface area contributed by atoms with Gasteiger partial charge in [0.2, 0.25) is 5.13 Å². The minimum Gasteiger partial charge on any atom is -0.374 e. The van der Waals surface area contributed by atoms with Crippen LogP contribution in [0.3, 0.4) is 0 Å². The number of Topliss-reactive ketones (excluding diaryl/α,β-unsaturated/α-hetero) is 1. The molecule has 0 amide bonds. The van der Waals surface area contributed by atoms with Crippen molar-refractivity contribution in [1.82, 2.24) is 14.8 Å². The van der Waals surface area contributed by atoms with Gasteiger partial charge in [-0.2, -0.15) is 0 Å². The van der Waals surface area contributed by atoms with Gasteiger partial charge in [-0.1, -0.05) is 23.1 Å². The third-order valence-corrected chi connectivity index (χ3v) is 7.74. The maximum Gasteiger partial charge on any atom is 0.203 e. The van der Waals surface area contributed by atoms with E-state index in [9.17, 15) is 13.2 Å². The van der Waals surface area contributed by atoms with Gasteiger partial charge in [0.05, 0.1) is 17.3 Å². The molecule has 7 nitrogen and oxygen atoms in total. The lowest BCUT2D eigenvalue weighted by Gasteiger charge is -2.16. The minimum absolute atomic E-state index is 0.00558. The van der Waals surface area contributed by atoms with Crippen molar-refractivity contribution in [3.05, 3.63) is 23.0 Å². The summed E-state index contributed by atoms with van der Waals surface area (Å²) in [5.74, 6) is 0.610. The van der Waals surface area contributed by atoms with Crippen LogP contribution in [0.25, 0.3) is 0 Å². The molecule has 1 saturated heterocycles. The molecule has 1 aliphatic heterocycles. The van der Waals surface area contributed by atoms with Crippen LogP contribution in [0.1, 0.15) is 34.2 Å². The summed E-state index contributed by atoms with van der Waals surface area (Å²) in [4.78, 5) is 12.5. The molecule has 3 rings (SSSR count). The zero-order chi connectivity index (χ0) is 17.5. The fourth-order valence-electron chi connectivity index (χ4n) is 3.08. The summed E-state index contributed by atoms with van der Waals surface area (Å²) in [5.41, 5.74) is 7.92. The summed E-state index contributed by atoms with van der Waals surface area (Å²) in [6.45, 7) is 3.78. The minimum atomic E-state index is -2.97. The number of thioether (sulfide) groups is 1. The average molecular weight is 387 g/mol. The van der Waals surface area contributed by atoms with Crippen LogP contribution in [-0.2, 0) is 9.84 Å². The van der Waals surface area contributed by atoms with E-state index < -0.39 is 9.84 Å². The van der Waals surface area contributed by atoms with Gasteiger partial charge in [0.15, 0.2) is 20.0 Å². The number of carbonyl (C=O) groups is 1. The zero-order valence-electron chi connectivity index (χ0n) is 13.4. The van der Waals surface area contributed by atoms with Crippen molar-refractivity contribution in [2.75, 3.05) is 23.0 Å². The van der Waals surface area contributed by atoms with E-state index in [0.717, 1.165) is 11.4 Å². The van der Waals surface area contributed by atoms with Crippen molar-refractivity contribution in [3.8, 4) is 0 Å². The van der Waals surface area contributed by atoms with Crippen LogP contribution in [0, 0.1) is 13.8 Å². The summed E-state index contributed by atoms with van der Waals surface area (Å²) in [5, 5.41) is 7.99. The molecular weight excluding hydrogens is 368 g/mol. The highest BCUT2D eigenvalue weighted by atomic mass is 32.2. The van der Waals surface area contributed by atoms with Gasteiger partial charge in [0.25, 0.3) is 0 Å². The molecule has 2 N–H and O–H groups in total. The highest BCUT2D eigenvalue weighted by molar-refractivity contribution is 8.01. The van der Waals surface area contributed by atoms with Gasteiger partial charge in [0.1, 0.15) is 0 Å². The van der Waals surface area contributed by atoms with Crippen molar-refractivity contribution in [2.24, 2.45) is 0 Å². The topological polar surface area (TPSA) is 108 Å². The van der Waals surface area contributed by atoms with E-state index in [0.29, 0.717) is 21.5 Å². The normalized spacial score (nSPS) is 19.7. The number of carbonyl (C=O) groups excluding carboxylic acids is 1. The third-order valence-electron chi connectivity index (χ3n) is 4.11. The molecule has 10 heteroatoms. The molecule has 0 saturated carbocycles. The third kappa shape index (κ3) is 3.50. The van der Waals surface area contributed by atoms with E-state index in [2.05, 4.69) is 10.2 Å². The van der Waals surface area contributed by atoms with Crippen molar-refractivity contribution in [2.45, 2.75) is 30.6 Å². The van der Waals surface area contributed by atoms with Crippen LogP contribution in [-0.4, -0.2) is 46.2 Å². The van der Waals surface area contributed by atoms with Crippen LogP contribution in [0.15, 0.2) is 10.4 Å². The van der Waals surface area contributed by atoms with Gasteiger partial charge >= 0.3 is 0 Å². The second kappa shape index (κ2) is 6.49. The molecule has 1 atom stereocenters. The van der Waals surface area contributed by atoms with Crippen LogP contribution in [0.2, 0.25) is 0 Å².